The van der Waals surface area contributed by atoms with Gasteiger partial charge in [0.15, 0.2) is 0 Å². The summed E-state index contributed by atoms with van der Waals surface area (Å²) in [4.78, 5) is 9.20. The molecule has 0 atom stereocenters. The van der Waals surface area contributed by atoms with Crippen LogP contribution in [0.25, 0.3) is 0 Å². The Kier molecular flexibility index (Phi) is 3.65. The fourth-order valence-corrected chi connectivity index (χ4v) is 0.888. The average molecular weight is 152 g/mol. The van der Waals surface area contributed by atoms with Crippen LogP contribution in [0.4, 0.5) is 0 Å². The topological polar surface area (TPSA) is 18.5 Å². The van der Waals surface area contributed by atoms with E-state index < -0.39 is 0 Å². The highest BCUT2D eigenvalue weighted by atomic mass is 17.2. The Balaban J connectivity index is 2.28. The van der Waals surface area contributed by atoms with Crippen LogP contribution in [0.3, 0.4) is 0 Å². The summed E-state index contributed by atoms with van der Waals surface area (Å²) >= 11 is 0. The lowest BCUT2D eigenvalue weighted by atomic mass is 10.2. The lowest BCUT2D eigenvalue weighted by Gasteiger charge is -1.99. The highest BCUT2D eigenvalue weighted by molar-refractivity contribution is 5.14. The van der Waals surface area contributed by atoms with E-state index in [2.05, 4.69) is 17.0 Å². The molecule has 11 heavy (non-hydrogen) atoms. The molecule has 2 heteroatoms. The molecule has 0 aromatic heterocycles. The standard InChI is InChI=1S/C9H12O2/c1-10-11-8-7-9-5-3-2-4-6-9/h2-6H,7-8H2,1H3. The van der Waals surface area contributed by atoms with Crippen LogP contribution < -0.4 is 0 Å². The molecule has 0 fully saturated rings. The SMILES string of the molecule is COOCCc1ccccc1. The molecule has 0 amide bonds. The van der Waals surface area contributed by atoms with E-state index >= 15 is 0 Å². The van der Waals surface area contributed by atoms with Gasteiger partial charge in [0.25, 0.3) is 0 Å². The molecule has 1 rings (SSSR count). The Bertz CT molecular complexity index is 184. The number of hydrogen-bond donors (Lipinski definition) is 0. The van der Waals surface area contributed by atoms with Crippen LogP contribution in [0.1, 0.15) is 5.56 Å². The molecule has 0 heterocycles. The molecule has 0 saturated heterocycles. The predicted molar refractivity (Wildman–Crippen MR) is 43.1 cm³/mol. The fourth-order valence-electron chi connectivity index (χ4n) is 0.888. The number of benzene rings is 1. The van der Waals surface area contributed by atoms with Crippen LogP contribution in [0, 0.1) is 0 Å². The highest BCUT2D eigenvalue weighted by Gasteiger charge is 1.89. The third-order valence-corrected chi connectivity index (χ3v) is 1.43. The van der Waals surface area contributed by atoms with Gasteiger partial charge in [-0.2, -0.15) is 0 Å². The minimum Gasteiger partial charge on any atom is -0.240 e. The van der Waals surface area contributed by atoms with Gasteiger partial charge in [0, 0.05) is 0 Å². The van der Waals surface area contributed by atoms with E-state index in [1.165, 1.54) is 12.7 Å². The zero-order chi connectivity index (χ0) is 7.94. The monoisotopic (exact) mass is 152 g/mol. The van der Waals surface area contributed by atoms with Crippen molar-refractivity contribution >= 4 is 0 Å². The van der Waals surface area contributed by atoms with Crippen LogP contribution in [0.2, 0.25) is 0 Å². The molecular weight excluding hydrogens is 140 g/mol. The van der Waals surface area contributed by atoms with Crippen molar-refractivity contribution in [3.8, 4) is 0 Å². The third-order valence-electron chi connectivity index (χ3n) is 1.43. The van der Waals surface area contributed by atoms with E-state index in [1.54, 1.807) is 0 Å². The first-order valence-electron chi connectivity index (χ1n) is 3.63. The summed E-state index contributed by atoms with van der Waals surface area (Å²) in [5.41, 5.74) is 1.27. The molecule has 0 saturated carbocycles. The minimum atomic E-state index is 0.612. The maximum absolute atomic E-state index is 4.74. The van der Waals surface area contributed by atoms with Crippen molar-refractivity contribution in [2.45, 2.75) is 6.42 Å². The van der Waals surface area contributed by atoms with Crippen LogP contribution in [0.5, 0.6) is 0 Å². The average Bonchev–Trinajstić information content (AvgIpc) is 2.07. The van der Waals surface area contributed by atoms with Crippen molar-refractivity contribution in [3.05, 3.63) is 35.9 Å². The Hall–Kier alpha value is -0.860. The smallest absolute Gasteiger partial charge is 0.0862 e. The van der Waals surface area contributed by atoms with Crippen molar-refractivity contribution in [1.82, 2.24) is 0 Å². The summed E-state index contributed by atoms with van der Waals surface area (Å²) in [7, 11) is 1.52. The van der Waals surface area contributed by atoms with E-state index in [0.29, 0.717) is 6.61 Å². The van der Waals surface area contributed by atoms with Crippen molar-refractivity contribution in [2.75, 3.05) is 13.7 Å². The van der Waals surface area contributed by atoms with Crippen LogP contribution in [-0.2, 0) is 16.2 Å². The normalized spacial score (nSPS) is 9.91. The molecular formula is C9H12O2. The van der Waals surface area contributed by atoms with Crippen molar-refractivity contribution < 1.29 is 9.78 Å². The van der Waals surface area contributed by atoms with Crippen LogP contribution in [-0.4, -0.2) is 13.7 Å². The summed E-state index contributed by atoms with van der Waals surface area (Å²) in [6, 6.07) is 10.2. The molecule has 60 valence electrons. The molecule has 0 aliphatic rings. The zero-order valence-corrected chi connectivity index (χ0v) is 6.62. The van der Waals surface area contributed by atoms with Gasteiger partial charge < -0.3 is 0 Å². The van der Waals surface area contributed by atoms with E-state index in [9.17, 15) is 0 Å². The van der Waals surface area contributed by atoms with Gasteiger partial charge in [0.05, 0.1) is 13.7 Å². The quantitative estimate of drug-likeness (QED) is 0.372. The van der Waals surface area contributed by atoms with Gasteiger partial charge in [-0.1, -0.05) is 30.3 Å². The molecule has 2 nitrogen and oxygen atoms in total. The van der Waals surface area contributed by atoms with Crippen molar-refractivity contribution in [3.63, 3.8) is 0 Å². The third kappa shape index (κ3) is 3.16. The molecule has 0 unspecified atom stereocenters. The van der Waals surface area contributed by atoms with E-state index in [4.69, 9.17) is 4.89 Å². The molecule has 0 N–H and O–H groups in total. The molecule has 0 radical (unpaired) electrons. The maximum Gasteiger partial charge on any atom is 0.0862 e. The lowest BCUT2D eigenvalue weighted by Crippen LogP contribution is -1.96. The molecule has 0 bridgehead atoms. The van der Waals surface area contributed by atoms with E-state index in [1.807, 2.05) is 18.2 Å². The Morgan fingerprint density at radius 2 is 1.91 bits per heavy atom. The van der Waals surface area contributed by atoms with Crippen LogP contribution >= 0.6 is 0 Å². The largest absolute Gasteiger partial charge is 0.240 e. The van der Waals surface area contributed by atoms with Crippen LogP contribution in [0.15, 0.2) is 30.3 Å². The lowest BCUT2D eigenvalue weighted by molar-refractivity contribution is -0.271. The maximum atomic E-state index is 4.74. The molecule has 0 aliphatic heterocycles. The van der Waals surface area contributed by atoms with Crippen molar-refractivity contribution in [1.29, 1.82) is 0 Å². The fraction of sp³-hybridized carbons (Fsp3) is 0.333. The van der Waals surface area contributed by atoms with Gasteiger partial charge in [0.1, 0.15) is 0 Å². The summed E-state index contributed by atoms with van der Waals surface area (Å²) in [5.74, 6) is 0. The summed E-state index contributed by atoms with van der Waals surface area (Å²) in [5, 5.41) is 0. The first kappa shape index (κ1) is 8.24. The first-order valence-corrected chi connectivity index (χ1v) is 3.63. The predicted octanol–water partition coefficient (Wildman–Crippen LogP) is 1.81. The second kappa shape index (κ2) is 4.88. The second-order valence-corrected chi connectivity index (χ2v) is 2.22. The van der Waals surface area contributed by atoms with E-state index in [0.717, 1.165) is 6.42 Å². The summed E-state index contributed by atoms with van der Waals surface area (Å²) < 4.78 is 0. The van der Waals surface area contributed by atoms with Gasteiger partial charge in [-0.15, -0.1) is 0 Å². The molecule has 1 aromatic carbocycles. The Labute approximate surface area is 66.7 Å². The number of rotatable bonds is 4. The number of hydrogen-bond acceptors (Lipinski definition) is 2. The summed E-state index contributed by atoms with van der Waals surface area (Å²) in [6.07, 6.45) is 0.898. The summed E-state index contributed by atoms with van der Waals surface area (Å²) in [6.45, 7) is 0.612. The Morgan fingerprint density at radius 3 is 2.55 bits per heavy atom. The van der Waals surface area contributed by atoms with Gasteiger partial charge in [0.2, 0.25) is 0 Å². The Morgan fingerprint density at radius 1 is 1.18 bits per heavy atom. The first-order chi connectivity index (χ1) is 5.43. The molecule has 1 aromatic rings. The van der Waals surface area contributed by atoms with Gasteiger partial charge in [-0.25, -0.2) is 9.78 Å². The van der Waals surface area contributed by atoms with Gasteiger partial charge in [-0.3, -0.25) is 0 Å². The molecule has 0 aliphatic carbocycles. The highest BCUT2D eigenvalue weighted by Crippen LogP contribution is 1.98. The minimum absolute atomic E-state index is 0.612. The zero-order valence-electron chi connectivity index (χ0n) is 6.62. The second-order valence-electron chi connectivity index (χ2n) is 2.22. The van der Waals surface area contributed by atoms with Gasteiger partial charge in [-0.05, 0) is 12.0 Å². The van der Waals surface area contributed by atoms with E-state index in [-0.39, 0.29) is 0 Å². The van der Waals surface area contributed by atoms with Gasteiger partial charge >= 0.3 is 0 Å². The molecule has 0 spiro atoms. The van der Waals surface area contributed by atoms with Crippen molar-refractivity contribution in [2.24, 2.45) is 0 Å².